The Balaban J connectivity index is 1.66. The van der Waals surface area contributed by atoms with Crippen LogP contribution in [0.1, 0.15) is 10.4 Å². The van der Waals surface area contributed by atoms with Crippen LogP contribution < -0.4 is 16.0 Å². The number of carbonyl (C=O) groups excluding carboxylic acids is 2. The maximum Gasteiger partial charge on any atom is 0.257 e. The van der Waals surface area contributed by atoms with Gasteiger partial charge in [-0.15, -0.1) is 11.8 Å². The van der Waals surface area contributed by atoms with Crippen LogP contribution in [0.4, 0.5) is 21.5 Å². The second-order valence-electron chi connectivity index (χ2n) is 6.11. The van der Waals surface area contributed by atoms with E-state index in [1.807, 2.05) is 30.5 Å². The molecular weight excluding hydrogens is 389 g/mol. The Hall–Kier alpha value is -3.32. The van der Waals surface area contributed by atoms with Crippen LogP contribution >= 0.6 is 11.8 Å². The van der Waals surface area contributed by atoms with Crippen LogP contribution in [-0.2, 0) is 4.79 Å². The lowest BCUT2D eigenvalue weighted by atomic mass is 10.1. The number of hydrogen-bond donors (Lipinski definition) is 3. The molecule has 0 aliphatic carbocycles. The molecule has 0 heterocycles. The third kappa shape index (κ3) is 5.58. The van der Waals surface area contributed by atoms with Crippen molar-refractivity contribution in [1.82, 2.24) is 0 Å². The number of benzene rings is 3. The van der Waals surface area contributed by atoms with Crippen molar-refractivity contribution in [2.24, 2.45) is 0 Å². The summed E-state index contributed by atoms with van der Waals surface area (Å²) in [6.07, 6.45) is 1.97. The van der Waals surface area contributed by atoms with Crippen molar-refractivity contribution in [3.05, 3.63) is 84.2 Å². The molecule has 148 valence electrons. The first-order valence-electron chi connectivity index (χ1n) is 8.89. The van der Waals surface area contributed by atoms with E-state index in [1.54, 1.807) is 36.0 Å². The molecule has 3 rings (SSSR count). The third-order valence-corrected chi connectivity index (χ3v) is 4.89. The highest BCUT2D eigenvalue weighted by molar-refractivity contribution is 7.98. The fraction of sp³-hybridized carbons (Fsp3) is 0.0909. The van der Waals surface area contributed by atoms with Gasteiger partial charge in [0.05, 0.1) is 17.8 Å². The molecule has 0 bridgehead atoms. The van der Waals surface area contributed by atoms with Crippen LogP contribution in [0, 0.1) is 5.82 Å². The summed E-state index contributed by atoms with van der Waals surface area (Å²) in [4.78, 5) is 26.0. The summed E-state index contributed by atoms with van der Waals surface area (Å²) in [5.41, 5.74) is 2.05. The zero-order chi connectivity index (χ0) is 20.6. The second kappa shape index (κ2) is 9.75. The molecule has 0 saturated carbocycles. The average molecular weight is 409 g/mol. The van der Waals surface area contributed by atoms with E-state index >= 15 is 0 Å². The van der Waals surface area contributed by atoms with Gasteiger partial charge >= 0.3 is 0 Å². The summed E-state index contributed by atoms with van der Waals surface area (Å²) in [5, 5.41) is 8.57. The molecule has 0 unspecified atom stereocenters. The van der Waals surface area contributed by atoms with Crippen LogP contribution in [0.2, 0.25) is 0 Å². The topological polar surface area (TPSA) is 70.2 Å². The molecular formula is C22H20FN3O2S. The number of para-hydroxylation sites is 2. The monoisotopic (exact) mass is 409 g/mol. The molecule has 3 N–H and O–H groups in total. The first-order chi connectivity index (χ1) is 14.1. The largest absolute Gasteiger partial charge is 0.375 e. The Morgan fingerprint density at radius 2 is 1.52 bits per heavy atom. The molecule has 0 atom stereocenters. The van der Waals surface area contributed by atoms with Gasteiger partial charge in [0, 0.05) is 16.3 Å². The quantitative estimate of drug-likeness (QED) is 0.488. The normalized spacial score (nSPS) is 10.3. The first kappa shape index (κ1) is 20.4. The molecule has 5 nitrogen and oxygen atoms in total. The highest BCUT2D eigenvalue weighted by atomic mass is 32.2. The van der Waals surface area contributed by atoms with Crippen molar-refractivity contribution in [3.63, 3.8) is 0 Å². The SMILES string of the molecule is CSc1ccccc1NCC(=O)Nc1ccccc1C(=O)Nc1ccc(F)cc1. The maximum absolute atomic E-state index is 13.0. The summed E-state index contributed by atoms with van der Waals surface area (Å²) in [6.45, 7) is 0.0610. The van der Waals surface area contributed by atoms with Gasteiger partial charge in [-0.25, -0.2) is 4.39 Å². The number of amides is 2. The van der Waals surface area contributed by atoms with Crippen molar-refractivity contribution in [2.75, 3.05) is 28.8 Å². The highest BCUT2D eigenvalue weighted by Gasteiger charge is 2.13. The van der Waals surface area contributed by atoms with Gasteiger partial charge in [0.15, 0.2) is 0 Å². The Kier molecular flexibility index (Phi) is 6.86. The number of thioether (sulfide) groups is 1. The number of hydrogen-bond acceptors (Lipinski definition) is 4. The molecule has 0 spiro atoms. The van der Waals surface area contributed by atoms with E-state index in [0.29, 0.717) is 16.9 Å². The van der Waals surface area contributed by atoms with Gasteiger partial charge in [-0.05, 0) is 54.8 Å². The minimum atomic E-state index is -0.395. The van der Waals surface area contributed by atoms with Crippen molar-refractivity contribution in [1.29, 1.82) is 0 Å². The fourth-order valence-corrected chi connectivity index (χ4v) is 3.26. The first-order valence-corrected chi connectivity index (χ1v) is 10.1. The maximum atomic E-state index is 13.0. The van der Waals surface area contributed by atoms with Crippen molar-refractivity contribution in [2.45, 2.75) is 4.90 Å². The molecule has 2 amide bonds. The zero-order valence-corrected chi connectivity index (χ0v) is 16.6. The highest BCUT2D eigenvalue weighted by Crippen LogP contribution is 2.24. The Bertz CT molecular complexity index is 1010. The predicted octanol–water partition coefficient (Wildman–Crippen LogP) is 4.85. The van der Waals surface area contributed by atoms with Crippen LogP contribution in [0.5, 0.6) is 0 Å². The third-order valence-electron chi connectivity index (χ3n) is 4.09. The number of anilines is 3. The Morgan fingerprint density at radius 3 is 2.24 bits per heavy atom. The van der Waals surface area contributed by atoms with E-state index in [0.717, 1.165) is 10.6 Å². The molecule has 0 aromatic heterocycles. The van der Waals surface area contributed by atoms with Crippen molar-refractivity contribution in [3.8, 4) is 0 Å². The van der Waals surface area contributed by atoms with Gasteiger partial charge in [-0.2, -0.15) is 0 Å². The summed E-state index contributed by atoms with van der Waals surface area (Å²) in [5.74, 6) is -1.05. The molecule has 3 aromatic rings. The van der Waals surface area contributed by atoms with Crippen LogP contribution in [0.3, 0.4) is 0 Å². The van der Waals surface area contributed by atoms with Gasteiger partial charge in [-0.1, -0.05) is 24.3 Å². The van der Waals surface area contributed by atoms with E-state index in [9.17, 15) is 14.0 Å². The molecule has 0 radical (unpaired) electrons. The van der Waals surface area contributed by atoms with Crippen LogP contribution in [0.25, 0.3) is 0 Å². The molecule has 0 saturated heterocycles. The minimum absolute atomic E-state index is 0.0610. The van der Waals surface area contributed by atoms with Gasteiger partial charge in [0.2, 0.25) is 5.91 Å². The molecule has 0 fully saturated rings. The lowest BCUT2D eigenvalue weighted by molar-refractivity contribution is -0.114. The Morgan fingerprint density at radius 1 is 0.862 bits per heavy atom. The van der Waals surface area contributed by atoms with Crippen LogP contribution in [-0.4, -0.2) is 24.6 Å². The summed E-state index contributed by atoms with van der Waals surface area (Å²) < 4.78 is 13.0. The lowest BCUT2D eigenvalue weighted by Crippen LogP contribution is -2.24. The smallest absolute Gasteiger partial charge is 0.257 e. The minimum Gasteiger partial charge on any atom is -0.375 e. The predicted molar refractivity (Wildman–Crippen MR) is 116 cm³/mol. The molecule has 29 heavy (non-hydrogen) atoms. The number of halogens is 1. The van der Waals surface area contributed by atoms with Gasteiger partial charge in [0.25, 0.3) is 5.91 Å². The van der Waals surface area contributed by atoms with E-state index in [-0.39, 0.29) is 18.3 Å². The average Bonchev–Trinajstić information content (AvgIpc) is 2.74. The molecule has 0 aliphatic rings. The van der Waals surface area contributed by atoms with Crippen molar-refractivity contribution < 1.29 is 14.0 Å². The summed E-state index contributed by atoms with van der Waals surface area (Å²) in [6, 6.07) is 19.9. The van der Waals surface area contributed by atoms with Crippen LogP contribution in [0.15, 0.2) is 77.7 Å². The second-order valence-corrected chi connectivity index (χ2v) is 6.96. The standard InChI is InChI=1S/C22H20FN3O2S/c1-29-20-9-5-4-8-19(20)24-14-21(27)26-18-7-3-2-6-17(18)22(28)25-16-12-10-15(23)11-13-16/h2-13,24H,14H2,1H3,(H,25,28)(H,26,27). The number of carbonyl (C=O) groups is 2. The molecule has 0 aliphatic heterocycles. The summed E-state index contributed by atoms with van der Waals surface area (Å²) >= 11 is 1.59. The Labute approximate surface area is 172 Å². The lowest BCUT2D eigenvalue weighted by Gasteiger charge is -2.13. The molecule has 7 heteroatoms. The van der Waals surface area contributed by atoms with E-state index in [1.165, 1.54) is 24.3 Å². The zero-order valence-electron chi connectivity index (χ0n) is 15.7. The van der Waals surface area contributed by atoms with Gasteiger partial charge in [-0.3, -0.25) is 9.59 Å². The van der Waals surface area contributed by atoms with E-state index in [4.69, 9.17) is 0 Å². The van der Waals surface area contributed by atoms with E-state index in [2.05, 4.69) is 16.0 Å². The fourth-order valence-electron chi connectivity index (χ4n) is 2.68. The summed E-state index contributed by atoms with van der Waals surface area (Å²) in [7, 11) is 0. The van der Waals surface area contributed by atoms with E-state index < -0.39 is 5.91 Å². The number of rotatable bonds is 7. The molecule has 3 aromatic carbocycles. The number of nitrogens with one attached hydrogen (secondary N) is 3. The van der Waals surface area contributed by atoms with Crippen molar-refractivity contribution >= 4 is 40.6 Å². The van der Waals surface area contributed by atoms with Gasteiger partial charge < -0.3 is 16.0 Å². The van der Waals surface area contributed by atoms with Gasteiger partial charge in [0.1, 0.15) is 5.82 Å².